The maximum Gasteiger partial charge on any atom is 0.277 e. The Hall–Kier alpha value is -5.49. The molecule has 4 heterocycles. The van der Waals surface area contributed by atoms with E-state index in [1.807, 2.05) is 48.0 Å². The number of aromatic nitrogens is 7. The third-order valence-corrected chi connectivity index (χ3v) is 7.33. The third kappa shape index (κ3) is 5.43. The van der Waals surface area contributed by atoms with Gasteiger partial charge < -0.3 is 15.2 Å². The summed E-state index contributed by atoms with van der Waals surface area (Å²) in [6, 6.07) is 13.5. The molecule has 1 atom stereocenters. The van der Waals surface area contributed by atoms with Crippen LogP contribution in [0.3, 0.4) is 0 Å². The van der Waals surface area contributed by atoms with Crippen molar-refractivity contribution < 1.29 is 9.18 Å². The number of H-pyrrole nitrogens is 1. The van der Waals surface area contributed by atoms with Crippen LogP contribution in [0.4, 0.5) is 10.1 Å². The van der Waals surface area contributed by atoms with Gasteiger partial charge in [-0.25, -0.2) is 9.37 Å². The molecule has 1 amide bonds. The first-order valence-electron chi connectivity index (χ1n) is 13.6. The summed E-state index contributed by atoms with van der Waals surface area (Å²) in [4.78, 5) is 35.6. The number of amides is 1. The lowest BCUT2D eigenvalue weighted by Crippen LogP contribution is -2.38. The highest BCUT2D eigenvalue weighted by molar-refractivity contribution is 5.94. The van der Waals surface area contributed by atoms with Crippen molar-refractivity contribution in [3.8, 4) is 28.3 Å². The maximum atomic E-state index is 13.9. The van der Waals surface area contributed by atoms with Gasteiger partial charge in [0.1, 0.15) is 23.0 Å². The zero-order valence-corrected chi connectivity index (χ0v) is 23.7. The monoisotopic (exact) mass is 577 g/mol. The fraction of sp³-hybridized carbons (Fsp3) is 0.161. The highest BCUT2D eigenvalue weighted by Crippen LogP contribution is 2.27. The fourth-order valence-electron chi connectivity index (χ4n) is 4.94. The van der Waals surface area contributed by atoms with Crippen molar-refractivity contribution in [1.82, 2.24) is 39.8 Å². The van der Waals surface area contributed by atoms with Crippen molar-refractivity contribution >= 4 is 22.5 Å². The quantitative estimate of drug-likeness (QED) is 0.248. The van der Waals surface area contributed by atoms with Gasteiger partial charge in [-0.05, 0) is 62.4 Å². The number of fused-ring (bicyclic) bond motifs is 1. The van der Waals surface area contributed by atoms with Crippen LogP contribution in [0.1, 0.15) is 18.1 Å². The molecular formula is C31H28FN9O2. The lowest BCUT2D eigenvalue weighted by molar-refractivity contribution is -0.117. The molecule has 4 aromatic heterocycles. The number of carbonyl (C=O) groups is 1. The van der Waals surface area contributed by atoms with E-state index < -0.39 is 11.6 Å². The molecule has 3 N–H and O–H groups in total. The van der Waals surface area contributed by atoms with Crippen LogP contribution in [0.25, 0.3) is 39.2 Å². The van der Waals surface area contributed by atoms with Crippen LogP contribution >= 0.6 is 0 Å². The van der Waals surface area contributed by atoms with Crippen LogP contribution in [0.2, 0.25) is 0 Å². The normalized spacial score (nSPS) is 12.0. The average molecular weight is 578 g/mol. The van der Waals surface area contributed by atoms with E-state index in [0.717, 1.165) is 33.3 Å². The Kier molecular flexibility index (Phi) is 7.34. The molecule has 12 heteroatoms. The molecule has 6 rings (SSSR count). The van der Waals surface area contributed by atoms with Gasteiger partial charge in [0, 0.05) is 35.1 Å². The SMILES string of the molecule is CNC(C)C(=O)Nc1cnc(-c2cccc(-c3c[nH]nn3)c2)n(Cc2cncc(-n3cc(C)c4cc(F)ccc43)c2)c1=O. The predicted octanol–water partition coefficient (Wildman–Crippen LogP) is 4.08. The van der Waals surface area contributed by atoms with Gasteiger partial charge in [0.05, 0.1) is 36.2 Å². The minimum absolute atomic E-state index is 0.0571. The lowest BCUT2D eigenvalue weighted by Gasteiger charge is -2.16. The third-order valence-electron chi connectivity index (χ3n) is 7.33. The molecular weight excluding hydrogens is 549 g/mol. The summed E-state index contributed by atoms with van der Waals surface area (Å²) in [6.07, 6.45) is 8.38. The van der Waals surface area contributed by atoms with E-state index in [1.54, 1.807) is 38.6 Å². The van der Waals surface area contributed by atoms with Gasteiger partial charge in [0.15, 0.2) is 0 Å². The molecule has 1 unspecified atom stereocenters. The molecule has 0 aliphatic rings. The van der Waals surface area contributed by atoms with Gasteiger partial charge in [0.25, 0.3) is 5.56 Å². The Morgan fingerprint density at radius 1 is 1.09 bits per heavy atom. The lowest BCUT2D eigenvalue weighted by atomic mass is 10.1. The predicted molar refractivity (Wildman–Crippen MR) is 161 cm³/mol. The Bertz CT molecular complexity index is 2010. The van der Waals surface area contributed by atoms with Crippen molar-refractivity contribution in [2.24, 2.45) is 0 Å². The Labute approximate surface area is 245 Å². The first-order chi connectivity index (χ1) is 20.8. The molecule has 43 heavy (non-hydrogen) atoms. The number of carbonyl (C=O) groups excluding carboxylic acids is 1. The van der Waals surface area contributed by atoms with Crippen molar-refractivity contribution in [3.63, 3.8) is 0 Å². The highest BCUT2D eigenvalue weighted by Gasteiger charge is 2.18. The Morgan fingerprint density at radius 2 is 1.93 bits per heavy atom. The number of pyridine rings is 1. The summed E-state index contributed by atoms with van der Waals surface area (Å²) in [5.74, 6) is -0.259. The van der Waals surface area contributed by atoms with Gasteiger partial charge >= 0.3 is 0 Å². The first-order valence-corrected chi connectivity index (χ1v) is 13.6. The fourth-order valence-corrected chi connectivity index (χ4v) is 4.94. The van der Waals surface area contributed by atoms with Gasteiger partial charge in [-0.3, -0.25) is 24.2 Å². The summed E-state index contributed by atoms with van der Waals surface area (Å²) in [5, 5.41) is 17.0. The van der Waals surface area contributed by atoms with Crippen molar-refractivity contribution in [1.29, 1.82) is 0 Å². The number of rotatable bonds is 8. The molecule has 0 saturated carbocycles. The second-order valence-electron chi connectivity index (χ2n) is 10.2. The number of likely N-dealkylation sites (N-methyl/N-ethyl adjacent to an activating group) is 1. The van der Waals surface area contributed by atoms with E-state index in [-0.39, 0.29) is 24.0 Å². The smallest absolute Gasteiger partial charge is 0.277 e. The van der Waals surface area contributed by atoms with E-state index >= 15 is 0 Å². The van der Waals surface area contributed by atoms with Crippen molar-refractivity contribution in [2.45, 2.75) is 26.4 Å². The molecule has 0 aliphatic heterocycles. The van der Waals surface area contributed by atoms with Crippen molar-refractivity contribution in [2.75, 3.05) is 12.4 Å². The maximum absolute atomic E-state index is 13.9. The van der Waals surface area contributed by atoms with Gasteiger partial charge in [0.2, 0.25) is 5.91 Å². The number of nitrogens with zero attached hydrogens (tertiary/aromatic N) is 6. The molecule has 2 aromatic carbocycles. The number of benzene rings is 2. The molecule has 0 bridgehead atoms. The van der Waals surface area contributed by atoms with Crippen LogP contribution in [-0.4, -0.2) is 53.5 Å². The summed E-state index contributed by atoms with van der Waals surface area (Å²) in [6.45, 7) is 3.74. The van der Waals surface area contributed by atoms with E-state index in [4.69, 9.17) is 0 Å². The van der Waals surface area contributed by atoms with Gasteiger partial charge in [-0.15, -0.1) is 5.10 Å². The number of anilines is 1. The van der Waals surface area contributed by atoms with Gasteiger partial charge in [-0.2, -0.15) is 0 Å². The number of halogens is 1. The van der Waals surface area contributed by atoms with Crippen LogP contribution in [0.5, 0.6) is 0 Å². The largest absolute Gasteiger partial charge is 0.319 e. The standard InChI is InChI=1S/C31H28FN9O2/c1-18-16-40(28-8-7-23(32)11-25(18)28)24-9-20(12-34-13-24)17-41-29(22-6-4-5-21(10-22)26-15-36-39-38-26)35-14-27(31(41)43)37-30(42)19(2)33-3/h4-16,19,33H,17H2,1-3H3,(H,37,42)(H,36,38,39). The Balaban J connectivity index is 1.44. The minimum Gasteiger partial charge on any atom is -0.319 e. The second kappa shape index (κ2) is 11.4. The van der Waals surface area contributed by atoms with Crippen LogP contribution in [0.15, 0.2) is 84.3 Å². The van der Waals surface area contributed by atoms with E-state index in [2.05, 4.69) is 36.0 Å². The number of aromatic amines is 1. The summed E-state index contributed by atoms with van der Waals surface area (Å²) in [5.41, 5.74) is 5.00. The Morgan fingerprint density at radius 3 is 2.72 bits per heavy atom. The van der Waals surface area contributed by atoms with Crippen LogP contribution < -0.4 is 16.2 Å². The van der Waals surface area contributed by atoms with E-state index in [9.17, 15) is 14.0 Å². The molecule has 11 nitrogen and oxygen atoms in total. The zero-order chi connectivity index (χ0) is 30.1. The summed E-state index contributed by atoms with van der Waals surface area (Å²) < 4.78 is 17.4. The van der Waals surface area contributed by atoms with Crippen LogP contribution in [0, 0.1) is 12.7 Å². The van der Waals surface area contributed by atoms with E-state index in [0.29, 0.717) is 17.1 Å². The molecule has 6 aromatic rings. The molecule has 0 saturated heterocycles. The number of aryl methyl sites for hydroxylation is 1. The average Bonchev–Trinajstić information content (AvgIpc) is 3.67. The van der Waals surface area contributed by atoms with E-state index in [1.165, 1.54) is 22.9 Å². The number of hydrogen-bond acceptors (Lipinski definition) is 7. The van der Waals surface area contributed by atoms with Crippen molar-refractivity contribution in [3.05, 3.63) is 107 Å². The topological polar surface area (TPSA) is 135 Å². The highest BCUT2D eigenvalue weighted by atomic mass is 19.1. The molecule has 0 fully saturated rings. The first kappa shape index (κ1) is 27.7. The van der Waals surface area contributed by atoms with Gasteiger partial charge in [-0.1, -0.05) is 23.4 Å². The van der Waals surface area contributed by atoms with Crippen LogP contribution in [-0.2, 0) is 11.3 Å². The molecule has 0 spiro atoms. The summed E-state index contributed by atoms with van der Waals surface area (Å²) >= 11 is 0. The number of nitrogens with one attached hydrogen (secondary N) is 3. The zero-order valence-electron chi connectivity index (χ0n) is 23.7. The number of hydrogen-bond donors (Lipinski definition) is 3. The minimum atomic E-state index is -0.513. The second-order valence-corrected chi connectivity index (χ2v) is 10.2. The molecule has 0 aliphatic carbocycles. The molecule has 0 radical (unpaired) electrons. The summed E-state index contributed by atoms with van der Waals surface area (Å²) in [7, 11) is 1.66. The molecule has 216 valence electrons.